The maximum Gasteiger partial charge on any atom is 0.351 e. The second-order valence-corrected chi connectivity index (χ2v) is 9.39. The van der Waals surface area contributed by atoms with Gasteiger partial charge >= 0.3 is 11.7 Å². The fourth-order valence-corrected chi connectivity index (χ4v) is 4.41. The van der Waals surface area contributed by atoms with Gasteiger partial charge in [0.05, 0.1) is 12.6 Å². The summed E-state index contributed by atoms with van der Waals surface area (Å²) in [7, 11) is 0. The number of aromatic amines is 1. The van der Waals surface area contributed by atoms with E-state index in [2.05, 4.69) is 27.2 Å². The van der Waals surface area contributed by atoms with E-state index in [1.807, 2.05) is 24.3 Å². The third-order valence-corrected chi connectivity index (χ3v) is 6.61. The number of carboxylic acids is 1. The first-order chi connectivity index (χ1) is 19.1. The number of ether oxygens (including phenoxy) is 1. The summed E-state index contributed by atoms with van der Waals surface area (Å²) in [6, 6.07) is 6.43. The molecule has 212 valence electrons. The van der Waals surface area contributed by atoms with Crippen molar-refractivity contribution in [3.63, 3.8) is 0 Å². The number of hydrogen-bond acceptors (Lipinski definition) is 9. The second-order valence-electron chi connectivity index (χ2n) is 9.39. The lowest BCUT2D eigenvalue weighted by atomic mass is 10.0. The maximum atomic E-state index is 12.6. The predicted molar refractivity (Wildman–Crippen MR) is 142 cm³/mol. The summed E-state index contributed by atoms with van der Waals surface area (Å²) in [6.45, 7) is 3.22. The van der Waals surface area contributed by atoms with Gasteiger partial charge in [-0.1, -0.05) is 24.8 Å². The quantitative estimate of drug-likeness (QED) is 0.149. The van der Waals surface area contributed by atoms with E-state index in [0.29, 0.717) is 0 Å². The molecule has 4 rings (SSSR count). The molecular formula is C26H30N6O8. The number of carbonyl (C=O) groups is 3. The molecule has 3 aromatic rings. The van der Waals surface area contributed by atoms with Crippen LogP contribution in [0, 0.1) is 0 Å². The number of nitrogens with zero attached hydrogens (tertiary/aromatic N) is 2. The van der Waals surface area contributed by atoms with Crippen LogP contribution < -0.4 is 22.1 Å². The number of para-hydroxylation sites is 1. The fraction of sp³-hybridized carbons (Fsp3) is 0.346. The SMILES string of the molecule is C=C1[C@H](n2ccc(NC(=O)CCC(NC(=O)[C@@H](N)Cc3c[nH]c4ccccc34)C(=O)O)nc2=O)O[C@H](CO)[C@H]1O. The minimum Gasteiger partial charge on any atom is -0.480 e. The molecule has 0 aliphatic carbocycles. The van der Waals surface area contributed by atoms with Crippen molar-refractivity contribution in [1.82, 2.24) is 19.9 Å². The first kappa shape index (κ1) is 28.6. The Bertz CT molecular complexity index is 1480. The van der Waals surface area contributed by atoms with Crippen molar-refractivity contribution in [3.8, 4) is 0 Å². The summed E-state index contributed by atoms with van der Waals surface area (Å²) in [5.74, 6) is -2.73. The molecule has 14 heteroatoms. The number of aliphatic hydroxyl groups excluding tert-OH is 2. The van der Waals surface area contributed by atoms with Gasteiger partial charge in [0.15, 0.2) is 6.23 Å². The minimum atomic E-state index is -1.37. The first-order valence-corrected chi connectivity index (χ1v) is 12.4. The summed E-state index contributed by atoms with van der Waals surface area (Å²) in [5, 5.41) is 34.5. The van der Waals surface area contributed by atoms with E-state index in [1.165, 1.54) is 12.3 Å². The number of nitrogens with one attached hydrogen (secondary N) is 3. The van der Waals surface area contributed by atoms with Crippen molar-refractivity contribution in [1.29, 1.82) is 0 Å². The minimum absolute atomic E-state index is 0.0919. The van der Waals surface area contributed by atoms with E-state index < -0.39 is 60.6 Å². The number of aromatic nitrogens is 3. The molecule has 1 fully saturated rings. The zero-order valence-electron chi connectivity index (χ0n) is 21.3. The molecule has 2 aromatic heterocycles. The summed E-state index contributed by atoms with van der Waals surface area (Å²) < 4.78 is 6.49. The Morgan fingerprint density at radius 2 is 2.00 bits per heavy atom. The Morgan fingerprint density at radius 1 is 1.25 bits per heavy atom. The Balaban J connectivity index is 1.31. The molecular weight excluding hydrogens is 524 g/mol. The third-order valence-electron chi connectivity index (χ3n) is 6.61. The highest BCUT2D eigenvalue weighted by molar-refractivity contribution is 5.91. The number of H-pyrrole nitrogens is 1. The van der Waals surface area contributed by atoms with Crippen LogP contribution in [0.1, 0.15) is 24.6 Å². The van der Waals surface area contributed by atoms with Crippen LogP contribution in [-0.4, -0.2) is 78.5 Å². The standard InChI is InChI=1S/C26H30N6O8/c1-13-22(35)19(12-33)40-24(13)32-9-8-20(31-26(32)39)30-21(34)7-6-18(25(37)38)29-23(36)16(27)10-14-11-28-17-5-3-2-4-15(14)17/h2-5,8-9,11,16,18-19,22,24,28,33,35H,1,6-7,10,12,27H2,(H,29,36)(H,37,38)(H,30,31,34,39)/t16-,18?,19+,22-,24+/m0/s1. The third kappa shape index (κ3) is 6.26. The number of fused-ring (bicyclic) bond motifs is 1. The van der Waals surface area contributed by atoms with Crippen LogP contribution in [0.5, 0.6) is 0 Å². The lowest BCUT2D eigenvalue weighted by Gasteiger charge is -2.18. The molecule has 1 aromatic carbocycles. The van der Waals surface area contributed by atoms with E-state index in [-0.39, 0.29) is 30.7 Å². The smallest absolute Gasteiger partial charge is 0.351 e. The number of aliphatic carboxylic acids is 1. The zero-order valence-corrected chi connectivity index (χ0v) is 21.3. The molecule has 1 aliphatic rings. The Labute approximate surface area is 227 Å². The first-order valence-electron chi connectivity index (χ1n) is 12.4. The predicted octanol–water partition coefficient (Wildman–Crippen LogP) is -0.610. The highest BCUT2D eigenvalue weighted by atomic mass is 16.5. The normalized spacial score (nSPS) is 20.3. The molecule has 0 radical (unpaired) electrons. The van der Waals surface area contributed by atoms with Crippen LogP contribution in [0.2, 0.25) is 0 Å². The van der Waals surface area contributed by atoms with Gasteiger partial charge in [-0.3, -0.25) is 14.2 Å². The van der Waals surface area contributed by atoms with E-state index in [0.717, 1.165) is 21.0 Å². The summed E-state index contributed by atoms with van der Waals surface area (Å²) >= 11 is 0. The number of anilines is 1. The van der Waals surface area contributed by atoms with Gasteiger partial charge in [-0.2, -0.15) is 4.98 Å². The van der Waals surface area contributed by atoms with E-state index in [9.17, 15) is 34.5 Å². The summed E-state index contributed by atoms with van der Waals surface area (Å²) in [4.78, 5) is 56.1. The van der Waals surface area contributed by atoms with Crippen molar-refractivity contribution < 1.29 is 34.4 Å². The van der Waals surface area contributed by atoms with Crippen LogP contribution in [0.4, 0.5) is 5.82 Å². The lowest BCUT2D eigenvalue weighted by molar-refractivity contribution is -0.142. The number of aliphatic hydroxyl groups is 2. The number of benzene rings is 1. The van der Waals surface area contributed by atoms with Gasteiger partial charge in [-0.25, -0.2) is 9.59 Å². The molecule has 14 nitrogen and oxygen atoms in total. The van der Waals surface area contributed by atoms with Crippen LogP contribution >= 0.6 is 0 Å². The van der Waals surface area contributed by atoms with E-state index >= 15 is 0 Å². The number of carbonyl (C=O) groups excluding carboxylic acids is 2. The lowest BCUT2D eigenvalue weighted by Crippen LogP contribution is -2.49. The molecule has 40 heavy (non-hydrogen) atoms. The molecule has 1 unspecified atom stereocenters. The Hall–Kier alpha value is -4.37. The summed E-state index contributed by atoms with van der Waals surface area (Å²) in [5.41, 5.74) is 7.09. The molecule has 0 saturated carbocycles. The molecule has 1 saturated heterocycles. The Morgan fingerprint density at radius 3 is 2.67 bits per heavy atom. The van der Waals surface area contributed by atoms with Gasteiger partial charge < -0.3 is 41.4 Å². The molecule has 2 amide bonds. The van der Waals surface area contributed by atoms with Gasteiger partial charge in [-0.15, -0.1) is 0 Å². The number of rotatable bonds is 11. The van der Waals surface area contributed by atoms with Crippen molar-refractivity contribution >= 4 is 34.5 Å². The van der Waals surface area contributed by atoms with Crippen molar-refractivity contribution in [2.45, 2.75) is 49.8 Å². The van der Waals surface area contributed by atoms with Crippen molar-refractivity contribution in [2.75, 3.05) is 11.9 Å². The van der Waals surface area contributed by atoms with Gasteiger partial charge in [0, 0.05) is 35.3 Å². The fourth-order valence-electron chi connectivity index (χ4n) is 4.41. The second kappa shape index (κ2) is 12.2. The molecule has 0 spiro atoms. The number of amides is 2. The summed E-state index contributed by atoms with van der Waals surface area (Å²) in [6.07, 6.45) is -0.468. The number of hydrogen-bond donors (Lipinski definition) is 7. The Kier molecular flexibility index (Phi) is 8.74. The van der Waals surface area contributed by atoms with Crippen LogP contribution in [0.25, 0.3) is 10.9 Å². The maximum absolute atomic E-state index is 12.6. The molecule has 5 atom stereocenters. The highest BCUT2D eigenvalue weighted by Crippen LogP contribution is 2.31. The van der Waals surface area contributed by atoms with Crippen LogP contribution in [0.15, 0.2) is 59.7 Å². The monoisotopic (exact) mass is 554 g/mol. The highest BCUT2D eigenvalue weighted by Gasteiger charge is 2.38. The zero-order chi connectivity index (χ0) is 29.0. The van der Waals surface area contributed by atoms with Crippen LogP contribution in [0.3, 0.4) is 0 Å². The molecule has 0 bridgehead atoms. The van der Waals surface area contributed by atoms with Gasteiger partial charge in [0.25, 0.3) is 0 Å². The van der Waals surface area contributed by atoms with E-state index in [1.54, 1.807) is 6.20 Å². The number of carboxylic acid groups (broad SMARTS) is 1. The molecule has 8 N–H and O–H groups in total. The van der Waals surface area contributed by atoms with Gasteiger partial charge in [-0.05, 0) is 30.5 Å². The van der Waals surface area contributed by atoms with Gasteiger partial charge in [0.1, 0.15) is 24.1 Å². The van der Waals surface area contributed by atoms with Crippen molar-refractivity contribution in [3.05, 3.63) is 70.9 Å². The average molecular weight is 555 g/mol. The van der Waals surface area contributed by atoms with E-state index in [4.69, 9.17) is 10.5 Å². The average Bonchev–Trinajstić information content (AvgIpc) is 3.46. The number of nitrogens with two attached hydrogens (primary N) is 1. The van der Waals surface area contributed by atoms with Gasteiger partial charge in [0.2, 0.25) is 11.8 Å². The van der Waals surface area contributed by atoms with Crippen LogP contribution in [-0.2, 0) is 25.5 Å². The topological polar surface area (TPSA) is 222 Å². The molecule has 1 aliphatic heterocycles. The van der Waals surface area contributed by atoms with Crippen molar-refractivity contribution in [2.24, 2.45) is 5.73 Å². The molecule has 3 heterocycles. The largest absolute Gasteiger partial charge is 0.480 e.